The van der Waals surface area contributed by atoms with Gasteiger partial charge in [0.15, 0.2) is 0 Å². The van der Waals surface area contributed by atoms with Crippen molar-refractivity contribution in [2.75, 3.05) is 6.61 Å². The number of benzene rings is 1. The van der Waals surface area contributed by atoms with Crippen LogP contribution in [0.1, 0.15) is 83.6 Å². The third kappa shape index (κ3) is 7.75. The summed E-state index contributed by atoms with van der Waals surface area (Å²) in [5.74, 6) is 6.77. The number of allylic oxidation sites excluding steroid dienone is 2. The lowest BCUT2D eigenvalue weighted by molar-refractivity contribution is -0.0232. The first kappa shape index (κ1) is 25.0. The second kappa shape index (κ2) is 13.2. The molecular weight excluding hydrogens is 411 g/mol. The molecule has 1 unspecified atom stereocenters. The Labute approximate surface area is 197 Å². The molecule has 3 rings (SSSR count). The maximum absolute atomic E-state index is 15.1. The Morgan fingerprint density at radius 1 is 1.06 bits per heavy atom. The monoisotopic (exact) mass is 452 g/mol. The summed E-state index contributed by atoms with van der Waals surface area (Å²) in [6.45, 7) is 5.10. The molecule has 1 aromatic rings. The van der Waals surface area contributed by atoms with Gasteiger partial charge in [0.1, 0.15) is 5.83 Å². The van der Waals surface area contributed by atoms with Crippen LogP contribution in [0.25, 0.3) is 0 Å². The predicted molar refractivity (Wildman–Crippen MR) is 137 cm³/mol. The van der Waals surface area contributed by atoms with Gasteiger partial charge in [0, 0.05) is 28.1 Å². The molecule has 0 aromatic heterocycles. The molecule has 0 bridgehead atoms. The zero-order valence-corrected chi connectivity index (χ0v) is 21.6. The molecule has 0 heterocycles. The summed E-state index contributed by atoms with van der Waals surface area (Å²) < 4.78 is 21.4. The molecule has 3 heteroatoms. The molecule has 2 aliphatic rings. The summed E-state index contributed by atoms with van der Waals surface area (Å²) in [6.07, 6.45) is 15.7. The van der Waals surface area contributed by atoms with Gasteiger partial charge in [-0.25, -0.2) is 4.39 Å². The molecule has 2 aliphatic carbocycles. The molecule has 0 amide bonds. The van der Waals surface area contributed by atoms with Crippen molar-refractivity contribution in [3.63, 3.8) is 0 Å². The first-order valence-corrected chi connectivity index (χ1v) is 14.7. The molecule has 0 N–H and O–H groups in total. The van der Waals surface area contributed by atoms with Gasteiger partial charge in [-0.3, -0.25) is 0 Å². The van der Waals surface area contributed by atoms with E-state index in [-0.39, 0.29) is 15.3 Å². The van der Waals surface area contributed by atoms with E-state index in [1.807, 2.05) is 36.4 Å². The molecule has 1 saturated carbocycles. The smallest absolute Gasteiger partial charge is 0.119 e. The van der Waals surface area contributed by atoms with Crippen molar-refractivity contribution in [2.45, 2.75) is 95.2 Å². The van der Waals surface area contributed by atoms with E-state index >= 15 is 4.39 Å². The fraction of sp³-hybridized carbons (Fsp3) is 0.586. The summed E-state index contributed by atoms with van der Waals surface area (Å²) in [5.41, 5.74) is 1.99. The van der Waals surface area contributed by atoms with Crippen molar-refractivity contribution in [1.29, 1.82) is 0 Å². The van der Waals surface area contributed by atoms with E-state index < -0.39 is 5.60 Å². The molecule has 1 aromatic carbocycles. The van der Waals surface area contributed by atoms with Crippen molar-refractivity contribution in [1.82, 2.24) is 0 Å². The van der Waals surface area contributed by atoms with E-state index in [1.165, 1.54) is 44.6 Å². The molecule has 174 valence electrons. The average molecular weight is 453 g/mol. The van der Waals surface area contributed by atoms with Crippen LogP contribution in [0.5, 0.6) is 0 Å². The molecule has 1 atom stereocenters. The largest absolute Gasteiger partial charge is 0.370 e. The molecule has 0 aliphatic heterocycles. The molecule has 0 radical (unpaired) electrons. The summed E-state index contributed by atoms with van der Waals surface area (Å²) >= 11 is 0. The predicted octanol–water partition coefficient (Wildman–Crippen LogP) is 7.53. The van der Waals surface area contributed by atoms with Crippen LogP contribution >= 0.6 is 0 Å². The number of hydrogen-bond acceptors (Lipinski definition) is 1. The molecular formula is C29H41FOSi. The fourth-order valence-electron chi connectivity index (χ4n) is 5.10. The summed E-state index contributed by atoms with van der Waals surface area (Å²) in [4.78, 5) is 0. The van der Waals surface area contributed by atoms with Crippen LogP contribution in [0.3, 0.4) is 0 Å². The van der Waals surface area contributed by atoms with E-state index in [9.17, 15) is 0 Å². The second-order valence-corrected chi connectivity index (χ2v) is 12.2. The van der Waals surface area contributed by atoms with Gasteiger partial charge in [-0.2, -0.15) is 0 Å². The Bertz CT molecular complexity index is 811. The SMILES string of the molecule is CCCC[SiH2]C1CCC(CCC2(OCCC)C=CC(C#Cc3ccccc3)=C(F)C2)CC1. The van der Waals surface area contributed by atoms with E-state index in [1.54, 1.807) is 0 Å². The fourth-order valence-corrected chi connectivity index (χ4v) is 7.52. The first-order chi connectivity index (χ1) is 15.6. The Hall–Kier alpha value is -1.63. The van der Waals surface area contributed by atoms with Gasteiger partial charge in [-0.1, -0.05) is 100 Å². The van der Waals surface area contributed by atoms with Crippen LogP contribution in [0.2, 0.25) is 11.6 Å². The Morgan fingerprint density at radius 2 is 1.84 bits per heavy atom. The maximum atomic E-state index is 15.1. The van der Waals surface area contributed by atoms with E-state index in [2.05, 4.69) is 31.8 Å². The highest BCUT2D eigenvalue weighted by Crippen LogP contribution is 2.40. The Kier molecular flexibility index (Phi) is 10.3. The van der Waals surface area contributed by atoms with Gasteiger partial charge >= 0.3 is 0 Å². The standard InChI is InChI=1S/C29H41FOSi/c1-3-5-22-32-27-15-12-25(13-16-27)17-19-29(31-21-4-2)20-18-26(28(30)23-29)14-11-24-9-7-6-8-10-24/h6-10,18,20,25,27H,3-5,12-13,15-17,19,21-23,32H2,1-2H3. The van der Waals surface area contributed by atoms with Crippen molar-refractivity contribution >= 4 is 9.52 Å². The molecule has 32 heavy (non-hydrogen) atoms. The maximum Gasteiger partial charge on any atom is 0.119 e. The highest BCUT2D eigenvalue weighted by atomic mass is 28.2. The van der Waals surface area contributed by atoms with Gasteiger partial charge in [-0.05, 0) is 43.4 Å². The third-order valence-electron chi connectivity index (χ3n) is 7.17. The topological polar surface area (TPSA) is 9.23 Å². The van der Waals surface area contributed by atoms with E-state index in [0.717, 1.165) is 36.3 Å². The number of rotatable bonds is 10. The van der Waals surface area contributed by atoms with Gasteiger partial charge in [0.2, 0.25) is 0 Å². The average Bonchev–Trinajstić information content (AvgIpc) is 2.83. The number of halogens is 1. The Balaban J connectivity index is 1.55. The van der Waals surface area contributed by atoms with Gasteiger partial charge in [-0.15, -0.1) is 0 Å². The lowest BCUT2D eigenvalue weighted by Crippen LogP contribution is -2.34. The van der Waals surface area contributed by atoms with Crippen molar-refractivity contribution in [2.24, 2.45) is 5.92 Å². The van der Waals surface area contributed by atoms with Crippen LogP contribution < -0.4 is 0 Å². The van der Waals surface area contributed by atoms with Gasteiger partial charge in [0.05, 0.1) is 11.2 Å². The minimum atomic E-state index is -0.495. The van der Waals surface area contributed by atoms with Crippen molar-refractivity contribution in [3.8, 4) is 11.8 Å². The summed E-state index contributed by atoms with van der Waals surface area (Å²) in [6, 6.07) is 11.3. The minimum absolute atomic E-state index is 0.127. The van der Waals surface area contributed by atoms with Gasteiger partial charge in [0.25, 0.3) is 0 Å². The van der Waals surface area contributed by atoms with Crippen molar-refractivity contribution in [3.05, 3.63) is 59.4 Å². The normalized spacial score (nSPS) is 25.8. The van der Waals surface area contributed by atoms with Gasteiger partial charge < -0.3 is 4.74 Å². The summed E-state index contributed by atoms with van der Waals surface area (Å²) in [7, 11) is 0.134. The van der Waals surface area contributed by atoms with Crippen LogP contribution in [-0.4, -0.2) is 21.7 Å². The third-order valence-corrected chi connectivity index (χ3v) is 9.71. The van der Waals surface area contributed by atoms with E-state index in [4.69, 9.17) is 4.74 Å². The Morgan fingerprint density at radius 3 is 2.53 bits per heavy atom. The molecule has 1 fully saturated rings. The first-order valence-electron chi connectivity index (χ1n) is 12.9. The van der Waals surface area contributed by atoms with Crippen LogP contribution in [0, 0.1) is 17.8 Å². The quantitative estimate of drug-likeness (QED) is 0.202. The summed E-state index contributed by atoms with van der Waals surface area (Å²) in [5, 5.41) is 0. The number of hydrogen-bond donors (Lipinski definition) is 0. The van der Waals surface area contributed by atoms with Crippen LogP contribution in [-0.2, 0) is 4.74 Å². The molecule has 1 nitrogen and oxygen atoms in total. The number of unbranched alkanes of at least 4 members (excludes halogenated alkanes) is 1. The van der Waals surface area contributed by atoms with Crippen LogP contribution in [0.4, 0.5) is 4.39 Å². The minimum Gasteiger partial charge on any atom is -0.370 e. The zero-order valence-electron chi connectivity index (χ0n) is 20.2. The highest BCUT2D eigenvalue weighted by Gasteiger charge is 2.34. The highest BCUT2D eigenvalue weighted by molar-refractivity contribution is 6.37. The second-order valence-electron chi connectivity index (χ2n) is 9.78. The van der Waals surface area contributed by atoms with Crippen molar-refractivity contribution < 1.29 is 9.13 Å². The molecule has 0 saturated heterocycles. The molecule has 0 spiro atoms. The lowest BCUT2D eigenvalue weighted by Gasteiger charge is -2.35. The van der Waals surface area contributed by atoms with E-state index in [0.29, 0.717) is 18.6 Å². The van der Waals surface area contributed by atoms with Crippen LogP contribution in [0.15, 0.2) is 53.9 Å². The lowest BCUT2D eigenvalue weighted by atomic mass is 9.80. The zero-order chi connectivity index (χ0) is 22.7. The number of ether oxygens (including phenoxy) is 1.